The van der Waals surface area contributed by atoms with Crippen LogP contribution in [0.1, 0.15) is 45.1 Å². The molecule has 0 radical (unpaired) electrons. The van der Waals surface area contributed by atoms with Gasteiger partial charge in [0.25, 0.3) is 5.69 Å². The number of nitro groups is 1. The van der Waals surface area contributed by atoms with Crippen LogP contribution in [0.2, 0.25) is 0 Å². The average molecular weight is 374 g/mol. The van der Waals surface area contributed by atoms with Gasteiger partial charge in [-0.25, -0.2) is 0 Å². The molecular formula is C20H26N2O5. The predicted molar refractivity (Wildman–Crippen MR) is 98.7 cm³/mol. The summed E-state index contributed by atoms with van der Waals surface area (Å²) in [4.78, 5) is 37.0. The molecule has 2 fully saturated rings. The second-order valence-corrected chi connectivity index (χ2v) is 7.81. The third-order valence-corrected chi connectivity index (χ3v) is 6.08. The lowest BCUT2D eigenvalue weighted by atomic mass is 9.77. The monoisotopic (exact) mass is 374 g/mol. The molecule has 27 heavy (non-hydrogen) atoms. The summed E-state index contributed by atoms with van der Waals surface area (Å²) in [6.07, 6.45) is 3.52. The molecule has 1 aromatic carbocycles. The van der Waals surface area contributed by atoms with Crippen LogP contribution in [0.15, 0.2) is 24.3 Å². The van der Waals surface area contributed by atoms with Crippen molar-refractivity contribution in [2.75, 3.05) is 6.54 Å². The highest BCUT2D eigenvalue weighted by atomic mass is 16.6. The summed E-state index contributed by atoms with van der Waals surface area (Å²) in [7, 11) is 0. The Morgan fingerprint density at radius 2 is 1.96 bits per heavy atom. The van der Waals surface area contributed by atoms with Crippen LogP contribution >= 0.6 is 0 Å². The second kappa shape index (κ2) is 8.06. The van der Waals surface area contributed by atoms with E-state index in [2.05, 4.69) is 13.8 Å². The van der Waals surface area contributed by atoms with Gasteiger partial charge in [-0.15, -0.1) is 0 Å². The number of hydrogen-bond acceptors (Lipinski definition) is 5. The molecular weight excluding hydrogens is 348 g/mol. The van der Waals surface area contributed by atoms with Crippen molar-refractivity contribution in [2.24, 2.45) is 17.8 Å². The molecule has 1 heterocycles. The van der Waals surface area contributed by atoms with Crippen molar-refractivity contribution in [3.63, 3.8) is 0 Å². The zero-order chi connectivity index (χ0) is 19.6. The molecule has 2 aliphatic rings. The maximum Gasteiger partial charge on any atom is 0.311 e. The molecule has 0 N–H and O–H groups in total. The maximum atomic E-state index is 12.5. The van der Waals surface area contributed by atoms with Crippen LogP contribution in [0, 0.1) is 27.9 Å². The highest BCUT2D eigenvalue weighted by molar-refractivity contribution is 5.87. The molecule has 7 nitrogen and oxygen atoms in total. The quantitative estimate of drug-likeness (QED) is 0.448. The van der Waals surface area contributed by atoms with Gasteiger partial charge < -0.3 is 9.64 Å². The first-order valence-corrected chi connectivity index (χ1v) is 9.56. The zero-order valence-corrected chi connectivity index (χ0v) is 15.8. The van der Waals surface area contributed by atoms with E-state index in [4.69, 9.17) is 4.74 Å². The topological polar surface area (TPSA) is 89.8 Å². The summed E-state index contributed by atoms with van der Waals surface area (Å²) in [6, 6.07) is 6.13. The maximum absolute atomic E-state index is 12.5. The van der Waals surface area contributed by atoms with Crippen LogP contribution in [0.4, 0.5) is 5.69 Å². The van der Waals surface area contributed by atoms with Crippen molar-refractivity contribution in [3.8, 4) is 0 Å². The number of nitro benzene ring substituents is 1. The van der Waals surface area contributed by atoms with Crippen LogP contribution in [0.25, 0.3) is 0 Å². The molecule has 0 aromatic heterocycles. The van der Waals surface area contributed by atoms with E-state index >= 15 is 0 Å². The summed E-state index contributed by atoms with van der Waals surface area (Å²) < 4.78 is 5.36. The molecule has 1 saturated heterocycles. The van der Waals surface area contributed by atoms with Crippen molar-refractivity contribution in [1.82, 2.24) is 4.90 Å². The van der Waals surface area contributed by atoms with Gasteiger partial charge in [-0.1, -0.05) is 26.7 Å². The second-order valence-electron chi connectivity index (χ2n) is 7.81. The Balaban J connectivity index is 1.55. The smallest absolute Gasteiger partial charge is 0.311 e. The molecule has 146 valence electrons. The van der Waals surface area contributed by atoms with E-state index in [9.17, 15) is 19.7 Å². The summed E-state index contributed by atoms with van der Waals surface area (Å²) in [5.41, 5.74) is 0.683. The Hall–Kier alpha value is -2.44. The molecule has 3 rings (SSSR count). The van der Waals surface area contributed by atoms with E-state index in [1.807, 2.05) is 4.90 Å². The number of nitrogens with zero attached hydrogens (tertiary/aromatic N) is 2. The molecule has 0 bridgehead atoms. The van der Waals surface area contributed by atoms with Crippen LogP contribution in [0.3, 0.4) is 0 Å². The predicted octanol–water partition coefficient (Wildman–Crippen LogP) is 3.31. The number of benzene rings is 1. The highest BCUT2D eigenvalue weighted by Crippen LogP contribution is 2.36. The zero-order valence-electron chi connectivity index (χ0n) is 15.8. The first-order chi connectivity index (χ1) is 12.9. The first kappa shape index (κ1) is 19.3. The first-order valence-electron chi connectivity index (χ1n) is 9.56. The normalized spacial score (nSPS) is 28.2. The van der Waals surface area contributed by atoms with Crippen molar-refractivity contribution >= 4 is 17.6 Å². The Bertz CT molecular complexity index is 718. The van der Waals surface area contributed by atoms with E-state index in [-0.39, 0.29) is 36.6 Å². The number of esters is 1. The Labute approximate surface area is 158 Å². The highest BCUT2D eigenvalue weighted by Gasteiger charge is 2.42. The lowest BCUT2D eigenvalue weighted by Crippen LogP contribution is -2.45. The van der Waals surface area contributed by atoms with Crippen LogP contribution in [-0.2, 0) is 20.9 Å². The van der Waals surface area contributed by atoms with Crippen LogP contribution in [0.5, 0.6) is 0 Å². The number of carbonyl (C=O) groups excluding carboxylic acids is 2. The Morgan fingerprint density at radius 1 is 1.26 bits per heavy atom. The van der Waals surface area contributed by atoms with Gasteiger partial charge >= 0.3 is 5.97 Å². The van der Waals surface area contributed by atoms with Gasteiger partial charge in [0.2, 0.25) is 5.91 Å². The van der Waals surface area contributed by atoms with Crippen molar-refractivity contribution < 1.29 is 19.2 Å². The van der Waals surface area contributed by atoms with E-state index in [1.165, 1.54) is 18.6 Å². The van der Waals surface area contributed by atoms with Gasteiger partial charge in [-0.2, -0.15) is 0 Å². The number of hydrogen-bond donors (Lipinski definition) is 0. The molecule has 7 heteroatoms. The number of amides is 1. The van der Waals surface area contributed by atoms with Gasteiger partial charge in [-0.3, -0.25) is 19.7 Å². The number of ether oxygens (including phenoxy) is 1. The van der Waals surface area contributed by atoms with Crippen molar-refractivity contribution in [3.05, 3.63) is 39.9 Å². The largest absolute Gasteiger partial charge is 0.461 e. The van der Waals surface area contributed by atoms with E-state index in [1.54, 1.807) is 12.1 Å². The standard InChI is InChI=1S/C20H26N2O5/c1-13-4-3-5-18(14(13)2)21-11-16(10-19(21)23)20(24)27-12-15-6-8-17(9-7-15)22(25)26/h6-9,13-14,16,18H,3-5,10-12H2,1-2H3/t13-,14+,16+,18+/m0/s1. The van der Waals surface area contributed by atoms with Crippen LogP contribution < -0.4 is 0 Å². The minimum absolute atomic E-state index is 0.00191. The number of carbonyl (C=O) groups is 2. The molecule has 1 aliphatic carbocycles. The fourth-order valence-corrected chi connectivity index (χ4v) is 4.19. The number of likely N-dealkylation sites (tertiary alicyclic amines) is 1. The molecule has 1 aromatic rings. The van der Waals surface area contributed by atoms with Crippen LogP contribution in [-0.4, -0.2) is 34.3 Å². The minimum atomic E-state index is -0.471. The third kappa shape index (κ3) is 4.28. The molecule has 4 atom stereocenters. The molecule has 1 amide bonds. The van der Waals surface area contributed by atoms with Gasteiger partial charge in [0.1, 0.15) is 6.61 Å². The van der Waals surface area contributed by atoms with Crippen molar-refractivity contribution in [2.45, 2.75) is 52.2 Å². The SMILES string of the molecule is C[C@H]1[C@H](N2C[C@H](C(=O)OCc3ccc([N+](=O)[O-])cc3)CC2=O)CCC[C@@H]1C. The fraction of sp³-hybridized carbons (Fsp3) is 0.600. The lowest BCUT2D eigenvalue weighted by Gasteiger charge is -2.39. The fourth-order valence-electron chi connectivity index (χ4n) is 4.19. The summed E-state index contributed by atoms with van der Waals surface area (Å²) in [5.74, 6) is 0.265. The number of non-ortho nitro benzene ring substituents is 1. The summed E-state index contributed by atoms with van der Waals surface area (Å²) in [6.45, 7) is 4.91. The van der Waals surface area contributed by atoms with Crippen molar-refractivity contribution in [1.29, 1.82) is 0 Å². The third-order valence-electron chi connectivity index (χ3n) is 6.08. The van der Waals surface area contributed by atoms with E-state index < -0.39 is 10.8 Å². The molecule has 1 saturated carbocycles. The minimum Gasteiger partial charge on any atom is -0.461 e. The summed E-state index contributed by atoms with van der Waals surface area (Å²) >= 11 is 0. The summed E-state index contributed by atoms with van der Waals surface area (Å²) in [5, 5.41) is 10.7. The lowest BCUT2D eigenvalue weighted by molar-refractivity contribution is -0.384. The molecule has 1 aliphatic heterocycles. The van der Waals surface area contributed by atoms with E-state index in [0.29, 0.717) is 23.9 Å². The van der Waals surface area contributed by atoms with E-state index in [0.717, 1.165) is 12.8 Å². The van der Waals surface area contributed by atoms with Gasteiger partial charge in [0.15, 0.2) is 0 Å². The molecule has 0 unspecified atom stereocenters. The average Bonchev–Trinajstić information content (AvgIpc) is 3.04. The molecule has 0 spiro atoms. The van der Waals surface area contributed by atoms with Gasteiger partial charge in [-0.05, 0) is 36.0 Å². The Morgan fingerprint density at radius 3 is 2.63 bits per heavy atom. The van der Waals surface area contributed by atoms with Gasteiger partial charge in [0, 0.05) is 31.1 Å². The number of rotatable bonds is 5. The Kier molecular flexibility index (Phi) is 5.77. The van der Waals surface area contributed by atoms with Gasteiger partial charge in [0.05, 0.1) is 10.8 Å².